The maximum atomic E-state index is 3.80. The first-order chi connectivity index (χ1) is 6.18. The van der Waals surface area contributed by atoms with Crippen molar-refractivity contribution in [2.24, 2.45) is 11.3 Å². The van der Waals surface area contributed by atoms with Crippen LogP contribution in [0.3, 0.4) is 0 Å². The second-order valence-corrected chi connectivity index (χ2v) is 6.67. The Kier molecular flexibility index (Phi) is 3.26. The van der Waals surface area contributed by atoms with Crippen molar-refractivity contribution in [2.45, 2.75) is 24.6 Å². The molecule has 0 aromatic carbocycles. The third-order valence-corrected chi connectivity index (χ3v) is 6.20. The molecule has 2 aliphatic rings. The summed E-state index contributed by atoms with van der Waals surface area (Å²) >= 11 is 6.27. The molecule has 0 aromatic heterocycles. The molecule has 2 fully saturated rings. The molecular weight excluding hydrogens is 341 g/mol. The molecule has 1 aliphatic heterocycles. The fraction of sp³-hybridized carbons (Fsp3) is 1.00. The van der Waals surface area contributed by atoms with Crippen LogP contribution in [0.25, 0.3) is 0 Å². The second kappa shape index (κ2) is 3.97. The van der Waals surface area contributed by atoms with Gasteiger partial charge in [-0.25, -0.2) is 0 Å². The lowest BCUT2D eigenvalue weighted by atomic mass is 9.98. The maximum absolute atomic E-state index is 3.80. The SMILES string of the molecule is CC12CCN(CCCI)CC1C2Br. The van der Waals surface area contributed by atoms with Gasteiger partial charge >= 0.3 is 0 Å². The smallest absolute Gasteiger partial charge is 0.0249 e. The number of alkyl halides is 2. The van der Waals surface area contributed by atoms with Gasteiger partial charge in [0.1, 0.15) is 0 Å². The Balaban J connectivity index is 1.81. The van der Waals surface area contributed by atoms with Crippen molar-refractivity contribution in [3.05, 3.63) is 0 Å². The number of halogens is 2. The average Bonchev–Trinajstić information content (AvgIpc) is 2.67. The van der Waals surface area contributed by atoms with Crippen molar-refractivity contribution >= 4 is 38.5 Å². The van der Waals surface area contributed by atoms with E-state index in [4.69, 9.17) is 0 Å². The lowest BCUT2D eigenvalue weighted by Gasteiger charge is -2.29. The standard InChI is InChI=1S/C10H17BrIN/c1-10-3-6-13(5-2-4-12)7-8(10)9(10)11/h8-9H,2-7H2,1H3. The van der Waals surface area contributed by atoms with Crippen LogP contribution in [-0.2, 0) is 0 Å². The van der Waals surface area contributed by atoms with Crippen LogP contribution in [0.1, 0.15) is 19.8 Å². The lowest BCUT2D eigenvalue weighted by Crippen LogP contribution is -2.34. The number of fused-ring (bicyclic) bond motifs is 1. The van der Waals surface area contributed by atoms with Gasteiger partial charge in [0.2, 0.25) is 0 Å². The Labute approximate surface area is 103 Å². The van der Waals surface area contributed by atoms with E-state index in [0.717, 1.165) is 10.7 Å². The Hall–Kier alpha value is 1.17. The van der Waals surface area contributed by atoms with E-state index in [-0.39, 0.29) is 0 Å². The molecule has 3 heteroatoms. The van der Waals surface area contributed by atoms with E-state index in [2.05, 4.69) is 50.3 Å². The van der Waals surface area contributed by atoms with Gasteiger partial charge in [-0.3, -0.25) is 0 Å². The van der Waals surface area contributed by atoms with E-state index in [9.17, 15) is 0 Å². The summed E-state index contributed by atoms with van der Waals surface area (Å²) in [4.78, 5) is 3.45. The van der Waals surface area contributed by atoms with E-state index >= 15 is 0 Å². The first-order valence-corrected chi connectivity index (χ1v) is 7.55. The van der Waals surface area contributed by atoms with Crippen LogP contribution in [0.2, 0.25) is 0 Å². The van der Waals surface area contributed by atoms with Gasteiger partial charge in [0.25, 0.3) is 0 Å². The molecule has 0 bridgehead atoms. The van der Waals surface area contributed by atoms with Gasteiger partial charge in [-0.15, -0.1) is 0 Å². The van der Waals surface area contributed by atoms with Gasteiger partial charge in [0, 0.05) is 15.8 Å². The van der Waals surface area contributed by atoms with Crippen molar-refractivity contribution in [2.75, 3.05) is 24.1 Å². The van der Waals surface area contributed by atoms with Crippen LogP contribution in [-0.4, -0.2) is 33.8 Å². The zero-order valence-corrected chi connectivity index (χ0v) is 11.8. The predicted octanol–water partition coefficient (Wildman–Crippen LogP) is 2.92. The highest BCUT2D eigenvalue weighted by molar-refractivity contribution is 14.1. The molecule has 0 spiro atoms. The van der Waals surface area contributed by atoms with Crippen molar-refractivity contribution in [1.82, 2.24) is 4.90 Å². The predicted molar refractivity (Wildman–Crippen MR) is 68.9 cm³/mol. The minimum absolute atomic E-state index is 0.654. The summed E-state index contributed by atoms with van der Waals surface area (Å²) < 4.78 is 1.30. The van der Waals surface area contributed by atoms with Gasteiger partial charge in [0.05, 0.1) is 0 Å². The van der Waals surface area contributed by atoms with Crippen LogP contribution in [0.15, 0.2) is 0 Å². The minimum Gasteiger partial charge on any atom is -0.303 e. The van der Waals surface area contributed by atoms with Crippen LogP contribution < -0.4 is 0 Å². The van der Waals surface area contributed by atoms with Crippen LogP contribution in [0, 0.1) is 11.3 Å². The monoisotopic (exact) mass is 357 g/mol. The summed E-state index contributed by atoms with van der Waals surface area (Å²) in [5, 5.41) is 0. The number of likely N-dealkylation sites (tertiary alicyclic amines) is 1. The third-order valence-electron chi connectivity index (χ3n) is 3.75. The Morgan fingerprint density at radius 2 is 2.38 bits per heavy atom. The summed E-state index contributed by atoms with van der Waals surface area (Å²) in [5.41, 5.74) is 0.654. The van der Waals surface area contributed by atoms with Crippen LogP contribution in [0.4, 0.5) is 0 Å². The highest BCUT2D eigenvalue weighted by atomic mass is 127. The Bertz CT molecular complexity index is 199. The van der Waals surface area contributed by atoms with Gasteiger partial charge in [-0.1, -0.05) is 45.4 Å². The van der Waals surface area contributed by atoms with Crippen molar-refractivity contribution in [3.8, 4) is 0 Å². The molecule has 1 heterocycles. The Morgan fingerprint density at radius 1 is 1.62 bits per heavy atom. The van der Waals surface area contributed by atoms with E-state index in [1.807, 2.05) is 0 Å². The fourth-order valence-corrected chi connectivity index (χ4v) is 4.01. The van der Waals surface area contributed by atoms with E-state index < -0.39 is 0 Å². The van der Waals surface area contributed by atoms with Crippen LogP contribution >= 0.6 is 38.5 Å². The molecule has 0 amide bonds. The fourth-order valence-electron chi connectivity index (χ4n) is 2.48. The quantitative estimate of drug-likeness (QED) is 0.554. The summed E-state index contributed by atoms with van der Waals surface area (Å²) in [5.74, 6) is 0.940. The minimum atomic E-state index is 0.654. The maximum Gasteiger partial charge on any atom is 0.0249 e. The highest BCUT2D eigenvalue weighted by Gasteiger charge is 2.61. The third kappa shape index (κ3) is 1.93. The molecule has 1 aliphatic carbocycles. The van der Waals surface area contributed by atoms with Gasteiger partial charge in [0.15, 0.2) is 0 Å². The average molecular weight is 358 g/mol. The normalized spacial score (nSPS) is 44.5. The van der Waals surface area contributed by atoms with Gasteiger partial charge in [-0.2, -0.15) is 0 Å². The zero-order valence-electron chi connectivity index (χ0n) is 8.10. The van der Waals surface area contributed by atoms with E-state index in [1.54, 1.807) is 0 Å². The van der Waals surface area contributed by atoms with Crippen molar-refractivity contribution in [3.63, 3.8) is 0 Å². The lowest BCUT2D eigenvalue weighted by molar-refractivity contribution is 0.187. The molecule has 3 unspecified atom stereocenters. The number of rotatable bonds is 3. The molecule has 2 rings (SSSR count). The molecule has 1 saturated carbocycles. The first kappa shape index (κ1) is 10.7. The zero-order chi connectivity index (χ0) is 9.47. The molecular formula is C10H17BrIN. The highest BCUT2D eigenvalue weighted by Crippen LogP contribution is 2.61. The summed E-state index contributed by atoms with van der Waals surface area (Å²) in [6, 6.07) is 0. The number of piperidine rings is 1. The van der Waals surface area contributed by atoms with Gasteiger partial charge in [-0.05, 0) is 37.3 Å². The number of nitrogens with zero attached hydrogens (tertiary/aromatic N) is 1. The van der Waals surface area contributed by atoms with E-state index in [0.29, 0.717) is 5.41 Å². The molecule has 0 N–H and O–H groups in total. The summed E-state index contributed by atoms with van der Waals surface area (Å²) in [7, 11) is 0. The number of hydrogen-bond donors (Lipinski definition) is 0. The molecule has 1 nitrogen and oxygen atoms in total. The molecule has 13 heavy (non-hydrogen) atoms. The molecule has 0 aromatic rings. The van der Waals surface area contributed by atoms with Crippen molar-refractivity contribution < 1.29 is 0 Å². The second-order valence-electron chi connectivity index (χ2n) is 4.61. The molecule has 76 valence electrons. The van der Waals surface area contributed by atoms with Gasteiger partial charge < -0.3 is 4.90 Å². The molecule has 0 radical (unpaired) electrons. The van der Waals surface area contributed by atoms with E-state index in [1.165, 1.54) is 36.9 Å². The Morgan fingerprint density at radius 3 is 3.00 bits per heavy atom. The number of hydrogen-bond acceptors (Lipinski definition) is 1. The first-order valence-electron chi connectivity index (χ1n) is 5.11. The summed E-state index contributed by atoms with van der Waals surface area (Å²) in [6.07, 6.45) is 2.76. The summed E-state index contributed by atoms with van der Waals surface area (Å²) in [6.45, 7) is 6.41. The largest absolute Gasteiger partial charge is 0.303 e. The van der Waals surface area contributed by atoms with Crippen molar-refractivity contribution in [1.29, 1.82) is 0 Å². The van der Waals surface area contributed by atoms with Crippen LogP contribution in [0.5, 0.6) is 0 Å². The molecule has 1 saturated heterocycles. The molecule has 3 atom stereocenters. The topological polar surface area (TPSA) is 3.24 Å².